The first-order valence-corrected chi connectivity index (χ1v) is 30.0. The number of carbonyl (C=O) groups excluding carboxylic acids is 1. The topological polar surface area (TPSA) is 314 Å². The van der Waals surface area contributed by atoms with Crippen molar-refractivity contribution in [1.29, 1.82) is 0 Å². The Hall–Kier alpha value is -8.30. The molecule has 92 heavy (non-hydrogen) atoms. The van der Waals surface area contributed by atoms with Gasteiger partial charge in [0.05, 0.1) is 81.5 Å². The van der Waals surface area contributed by atoms with Gasteiger partial charge in [0.2, 0.25) is 0 Å². The van der Waals surface area contributed by atoms with Gasteiger partial charge >= 0.3 is 23.0 Å². The summed E-state index contributed by atoms with van der Waals surface area (Å²) in [7, 11) is -9.89. The van der Waals surface area contributed by atoms with Crippen LogP contribution in [0.2, 0.25) is 0 Å². The van der Waals surface area contributed by atoms with Gasteiger partial charge in [0.25, 0.3) is 0 Å². The van der Waals surface area contributed by atoms with Crippen molar-refractivity contribution in [3.05, 3.63) is 305 Å². The largest absolute Gasteiger partial charge is 2.00 e. The van der Waals surface area contributed by atoms with Crippen molar-refractivity contribution < 1.29 is 112 Å². The van der Waals surface area contributed by atoms with Crippen molar-refractivity contribution in [1.82, 2.24) is 15.0 Å². The number of esters is 1. The van der Waals surface area contributed by atoms with Gasteiger partial charge in [-0.3, -0.25) is 34.7 Å². The van der Waals surface area contributed by atoms with Crippen LogP contribution in [-0.4, -0.2) is 66.0 Å². The molecule has 25 heteroatoms. The molecule has 3 atom stereocenters. The number of carbonyl (C=O) groups is 1. The number of nitrogens with zero attached hydrogens (tertiary/aromatic N) is 6. The van der Waals surface area contributed by atoms with Crippen LogP contribution in [0, 0.1) is 37.9 Å². The molecule has 0 fully saturated rings. The van der Waals surface area contributed by atoms with E-state index >= 15 is 0 Å². The number of ether oxygens (including phenoxy) is 4. The Labute approximate surface area is 546 Å². The maximum atomic E-state index is 13.0. The predicted molar refractivity (Wildman–Crippen MR) is 314 cm³/mol. The van der Waals surface area contributed by atoms with Crippen LogP contribution in [0.3, 0.4) is 0 Å². The van der Waals surface area contributed by atoms with Crippen LogP contribution in [0.4, 0.5) is 13.2 Å². The van der Waals surface area contributed by atoms with Gasteiger partial charge < -0.3 is 18.9 Å². The van der Waals surface area contributed by atoms with E-state index in [2.05, 4.69) is 34.7 Å². The molecule has 0 saturated carbocycles. The Balaban J connectivity index is 0.000000319. The SMILES string of the molecule is CCOC(C)=O.Fc1ccc(COC[C@H](N=Cc2ccccn2)c2ccccc2)cc1.Fc1ccc(COC[C@H](N=Cc2ccccn2)c2ccccc2)cc1.Fc1ccc(COC[C@H](N=Cc2ccccn2)c2ccccc2)cc1.[Cu+2].[O-][Cl+3]([O-])([O-])[O-].[O-][Cl+3]([O-])([O-])[O-]. The average molecular weight is 1350 g/mol. The zero-order chi connectivity index (χ0) is 66.0. The summed E-state index contributed by atoms with van der Waals surface area (Å²) >= 11 is 0. The third-order valence-electron chi connectivity index (χ3n) is 11.5. The van der Waals surface area contributed by atoms with Crippen molar-refractivity contribution in [2.24, 2.45) is 15.0 Å². The van der Waals surface area contributed by atoms with Crippen molar-refractivity contribution in [3.8, 4) is 0 Å². The van der Waals surface area contributed by atoms with E-state index in [1.807, 2.05) is 146 Å². The van der Waals surface area contributed by atoms with Gasteiger partial charge in [-0.05, 0) is 113 Å². The Morgan fingerprint density at radius 1 is 0.413 bits per heavy atom. The Morgan fingerprint density at radius 3 is 0.848 bits per heavy atom. The van der Waals surface area contributed by atoms with Crippen molar-refractivity contribution >= 4 is 24.6 Å². The fourth-order valence-corrected chi connectivity index (χ4v) is 7.37. The number of rotatable bonds is 22. The minimum Gasteiger partial charge on any atom is -0.466 e. The third kappa shape index (κ3) is 38.4. The standard InChI is InChI=1S/3C21H19FN2O.C4H8O2.2ClHO4.Cu/c3*22-19-11-9-17(10-12-19)15-25-16-21(18-6-2-1-3-7-18)24-14-20-8-4-5-13-23-20;1-3-6-4(2)5;2*2-1(3,4)5;/h3*1-14,21H,15-16H2;3H2,1-2H3;2*(H,2,3,4,5);/q;;;;;;+2/p-2/t3*21-;;;;/m000..../s1. The maximum absolute atomic E-state index is 13.0. The number of hydrogen-bond acceptors (Lipinski definition) is 19. The third-order valence-corrected chi connectivity index (χ3v) is 11.5. The van der Waals surface area contributed by atoms with Crippen molar-refractivity contribution in [2.75, 3.05) is 26.4 Å². The molecule has 6 aromatic carbocycles. The molecule has 19 nitrogen and oxygen atoms in total. The summed E-state index contributed by atoms with van der Waals surface area (Å²) in [5.74, 6) is -0.944. The molecule has 0 aliphatic carbocycles. The Bertz CT molecular complexity index is 3080. The van der Waals surface area contributed by atoms with Crippen LogP contribution in [0.15, 0.2) is 252 Å². The number of benzene rings is 6. The van der Waals surface area contributed by atoms with E-state index in [1.165, 1.54) is 43.3 Å². The molecule has 0 saturated heterocycles. The quantitative estimate of drug-likeness (QED) is 0.0497. The number of halogens is 5. The average Bonchev–Trinajstić information content (AvgIpc) is 3.10. The summed E-state index contributed by atoms with van der Waals surface area (Å²) in [5, 5.41) is 0. The van der Waals surface area contributed by atoms with Gasteiger partial charge in [-0.2, -0.15) is 0 Å². The summed E-state index contributed by atoms with van der Waals surface area (Å²) in [6.45, 7) is 6.22. The van der Waals surface area contributed by atoms with E-state index in [4.69, 9.17) is 51.5 Å². The van der Waals surface area contributed by atoms with Gasteiger partial charge in [0.1, 0.15) is 17.5 Å². The van der Waals surface area contributed by atoms with Gasteiger partial charge in [0.15, 0.2) is 0 Å². The first-order valence-electron chi connectivity index (χ1n) is 27.5. The smallest absolute Gasteiger partial charge is 0.466 e. The molecule has 1 radical (unpaired) electrons. The minimum atomic E-state index is -4.94. The maximum Gasteiger partial charge on any atom is 2.00 e. The molecule has 9 aromatic rings. The van der Waals surface area contributed by atoms with Gasteiger partial charge in [0, 0.05) is 44.2 Å². The van der Waals surface area contributed by atoms with E-state index in [-0.39, 0.29) is 58.6 Å². The fraction of sp³-hybridized carbons (Fsp3) is 0.179. The molecule has 0 bridgehead atoms. The predicted octanol–water partition coefficient (Wildman–Crippen LogP) is 4.85. The van der Waals surface area contributed by atoms with E-state index < -0.39 is 20.5 Å². The van der Waals surface area contributed by atoms with E-state index in [0.29, 0.717) is 46.2 Å². The minimum absolute atomic E-state index is 0. The molecule has 3 aromatic heterocycles. The molecular formula is C67H65Cl2CuF3N6O13. The molecule has 487 valence electrons. The second kappa shape index (κ2) is 45.0. The van der Waals surface area contributed by atoms with E-state index in [9.17, 15) is 18.0 Å². The summed E-state index contributed by atoms with van der Waals surface area (Å²) < 4.78 is 129. The van der Waals surface area contributed by atoms with Gasteiger partial charge in [-0.15, -0.1) is 20.5 Å². The van der Waals surface area contributed by atoms with E-state index in [1.54, 1.807) is 80.6 Å². The number of hydrogen-bond donors (Lipinski definition) is 0. The second-order valence-electron chi connectivity index (χ2n) is 18.5. The van der Waals surface area contributed by atoms with Crippen LogP contribution in [0.1, 0.15) is 82.4 Å². The van der Waals surface area contributed by atoms with Crippen LogP contribution < -0.4 is 37.3 Å². The van der Waals surface area contributed by atoms with Crippen LogP contribution >= 0.6 is 0 Å². The zero-order valence-corrected chi connectivity index (χ0v) is 52.1. The molecule has 0 N–H and O–H groups in total. The number of pyridine rings is 3. The van der Waals surface area contributed by atoms with Crippen molar-refractivity contribution in [3.63, 3.8) is 0 Å². The molecule has 3 heterocycles. The fourth-order valence-electron chi connectivity index (χ4n) is 7.37. The molecule has 0 aliphatic heterocycles. The summed E-state index contributed by atoms with van der Waals surface area (Å²) in [6.07, 6.45) is 10.5. The molecule has 9 rings (SSSR count). The monoisotopic (exact) mass is 1350 g/mol. The number of aromatic nitrogens is 3. The van der Waals surface area contributed by atoms with Crippen molar-refractivity contribution in [2.45, 2.75) is 51.8 Å². The summed E-state index contributed by atoms with van der Waals surface area (Å²) in [6, 6.07) is 65.7. The Kier molecular flexibility index (Phi) is 38.2. The number of aliphatic imine (C=N–C) groups is 3. The molecule has 0 unspecified atom stereocenters. The molecular weight excluding hydrogens is 1290 g/mol. The normalized spacial score (nSPS) is 11.9. The first-order chi connectivity index (χ1) is 43.7. The van der Waals surface area contributed by atoms with Gasteiger partial charge in [-0.25, -0.2) is 50.4 Å². The molecule has 0 amide bonds. The molecule has 0 spiro atoms. The summed E-state index contributed by atoms with van der Waals surface area (Å²) in [5.41, 5.74) is 8.45. The van der Waals surface area contributed by atoms with E-state index in [0.717, 1.165) is 50.5 Å². The van der Waals surface area contributed by atoms with Gasteiger partial charge in [-0.1, -0.05) is 146 Å². The van der Waals surface area contributed by atoms with Crippen LogP contribution in [0.5, 0.6) is 0 Å². The summed E-state index contributed by atoms with van der Waals surface area (Å²) in [4.78, 5) is 36.5. The van der Waals surface area contributed by atoms with Crippen LogP contribution in [-0.2, 0) is 60.6 Å². The zero-order valence-electron chi connectivity index (χ0n) is 49.6. The molecule has 0 aliphatic rings. The van der Waals surface area contributed by atoms with Crippen LogP contribution in [0.25, 0.3) is 0 Å². The Morgan fingerprint density at radius 2 is 0.652 bits per heavy atom. The first kappa shape index (κ1) is 77.9. The second-order valence-corrected chi connectivity index (χ2v) is 20.0.